The zero-order valence-corrected chi connectivity index (χ0v) is 12.6. The van der Waals surface area contributed by atoms with Gasteiger partial charge in [0.15, 0.2) is 0 Å². The third kappa shape index (κ3) is 3.16. The van der Waals surface area contributed by atoms with Gasteiger partial charge >= 0.3 is 5.69 Å². The van der Waals surface area contributed by atoms with E-state index >= 15 is 0 Å². The fourth-order valence-electron chi connectivity index (χ4n) is 1.97. The van der Waals surface area contributed by atoms with Crippen molar-refractivity contribution in [3.05, 3.63) is 56.3 Å². The lowest BCUT2D eigenvalue weighted by molar-refractivity contribution is 0.620. The number of benzene rings is 1. The lowest BCUT2D eigenvalue weighted by atomic mass is 10.1. The van der Waals surface area contributed by atoms with Gasteiger partial charge in [-0.3, -0.25) is 14.3 Å². The van der Waals surface area contributed by atoms with Crippen molar-refractivity contribution in [2.45, 2.75) is 13.0 Å². The Labute approximate surface area is 125 Å². The minimum absolute atomic E-state index is 0.0901. The number of hydrogen-bond donors (Lipinski definition) is 1. The first-order chi connectivity index (χ1) is 9.65. The summed E-state index contributed by atoms with van der Waals surface area (Å²) in [5.74, 6) is 0.898. The maximum Gasteiger partial charge on any atom is 0.329 e. The number of thioether (sulfide) groups is 1. The average Bonchev–Trinajstić information content (AvgIpc) is 2.43. The SMILES string of the molecule is CSCCCn1c(=O)[nH]c(Cl)c(-c2ccccc2)c1=O. The Hall–Kier alpha value is -1.46. The molecule has 2 rings (SSSR count). The van der Waals surface area contributed by atoms with Crippen molar-refractivity contribution in [3.8, 4) is 11.1 Å². The summed E-state index contributed by atoms with van der Waals surface area (Å²) in [5.41, 5.74) is 0.250. The topological polar surface area (TPSA) is 54.9 Å². The van der Waals surface area contributed by atoms with E-state index in [1.165, 1.54) is 4.57 Å². The fraction of sp³-hybridized carbons (Fsp3) is 0.286. The maximum atomic E-state index is 12.5. The number of halogens is 1. The standard InChI is InChI=1S/C14H15ClN2O2S/c1-20-9-5-8-17-13(18)11(12(15)16-14(17)19)10-6-3-2-4-7-10/h2-4,6-7H,5,8-9H2,1H3,(H,16,19). The van der Waals surface area contributed by atoms with Crippen LogP contribution in [0.3, 0.4) is 0 Å². The van der Waals surface area contributed by atoms with Crippen LogP contribution in [-0.2, 0) is 6.54 Å². The van der Waals surface area contributed by atoms with E-state index in [-0.39, 0.29) is 10.7 Å². The lowest BCUT2D eigenvalue weighted by Crippen LogP contribution is -2.36. The van der Waals surface area contributed by atoms with E-state index in [1.54, 1.807) is 23.9 Å². The highest BCUT2D eigenvalue weighted by Crippen LogP contribution is 2.20. The number of aromatic amines is 1. The highest BCUT2D eigenvalue weighted by molar-refractivity contribution is 7.98. The van der Waals surface area contributed by atoms with Gasteiger partial charge in [-0.2, -0.15) is 11.8 Å². The van der Waals surface area contributed by atoms with Crippen molar-refractivity contribution in [1.82, 2.24) is 9.55 Å². The van der Waals surface area contributed by atoms with E-state index in [1.807, 2.05) is 24.5 Å². The van der Waals surface area contributed by atoms with Crippen LogP contribution in [0.5, 0.6) is 0 Å². The van der Waals surface area contributed by atoms with Crippen LogP contribution in [0.2, 0.25) is 5.15 Å². The second-order valence-electron chi connectivity index (χ2n) is 4.29. The summed E-state index contributed by atoms with van der Waals surface area (Å²) < 4.78 is 1.21. The molecule has 0 bridgehead atoms. The Morgan fingerprint density at radius 1 is 1.25 bits per heavy atom. The molecule has 0 atom stereocenters. The van der Waals surface area contributed by atoms with Gasteiger partial charge in [0.25, 0.3) is 5.56 Å². The number of rotatable bonds is 5. The molecule has 0 aliphatic carbocycles. The van der Waals surface area contributed by atoms with E-state index < -0.39 is 5.69 Å². The Balaban J connectivity index is 2.51. The van der Waals surface area contributed by atoms with Crippen LogP contribution in [-0.4, -0.2) is 21.6 Å². The van der Waals surface area contributed by atoms with E-state index in [0.717, 1.165) is 12.2 Å². The van der Waals surface area contributed by atoms with Crippen molar-refractivity contribution in [3.63, 3.8) is 0 Å². The largest absolute Gasteiger partial charge is 0.329 e. The third-order valence-electron chi connectivity index (χ3n) is 2.93. The monoisotopic (exact) mass is 310 g/mol. The molecule has 0 saturated carbocycles. The quantitative estimate of drug-likeness (QED) is 0.682. The predicted octanol–water partition coefficient (Wildman–Crippen LogP) is 2.61. The first kappa shape index (κ1) is 14.9. The summed E-state index contributed by atoms with van der Waals surface area (Å²) in [6.07, 6.45) is 2.75. The number of nitrogens with zero attached hydrogens (tertiary/aromatic N) is 1. The van der Waals surface area contributed by atoms with Crippen molar-refractivity contribution in [2.75, 3.05) is 12.0 Å². The molecule has 0 unspecified atom stereocenters. The molecule has 0 aliphatic rings. The van der Waals surface area contributed by atoms with Gasteiger partial charge in [0.2, 0.25) is 0 Å². The molecule has 6 heteroatoms. The van der Waals surface area contributed by atoms with Crippen LogP contribution in [0.15, 0.2) is 39.9 Å². The molecule has 2 aromatic rings. The van der Waals surface area contributed by atoms with Gasteiger partial charge in [0.05, 0.1) is 5.56 Å². The second-order valence-corrected chi connectivity index (χ2v) is 5.65. The van der Waals surface area contributed by atoms with Crippen LogP contribution in [0.25, 0.3) is 11.1 Å². The average molecular weight is 311 g/mol. The van der Waals surface area contributed by atoms with Crippen LogP contribution in [0, 0.1) is 0 Å². The lowest BCUT2D eigenvalue weighted by Gasteiger charge is -2.08. The van der Waals surface area contributed by atoms with Gasteiger partial charge in [0.1, 0.15) is 5.15 Å². The highest BCUT2D eigenvalue weighted by Gasteiger charge is 2.14. The number of nitrogens with one attached hydrogen (secondary N) is 1. The molecule has 1 aromatic carbocycles. The highest BCUT2D eigenvalue weighted by atomic mass is 35.5. The van der Waals surface area contributed by atoms with E-state index in [2.05, 4.69) is 4.98 Å². The van der Waals surface area contributed by atoms with E-state index in [9.17, 15) is 9.59 Å². The molecule has 1 aromatic heterocycles. The molecule has 0 saturated heterocycles. The first-order valence-electron chi connectivity index (χ1n) is 6.22. The van der Waals surface area contributed by atoms with Gasteiger partial charge in [-0.05, 0) is 24.0 Å². The molecule has 20 heavy (non-hydrogen) atoms. The Morgan fingerprint density at radius 2 is 1.95 bits per heavy atom. The van der Waals surface area contributed by atoms with Gasteiger partial charge in [-0.1, -0.05) is 41.9 Å². The summed E-state index contributed by atoms with van der Waals surface area (Å²) in [5, 5.41) is 0.0901. The zero-order valence-electron chi connectivity index (χ0n) is 11.1. The summed E-state index contributed by atoms with van der Waals surface area (Å²) in [6.45, 7) is 0.395. The summed E-state index contributed by atoms with van der Waals surface area (Å²) in [7, 11) is 0. The van der Waals surface area contributed by atoms with Crippen LogP contribution in [0.4, 0.5) is 0 Å². The minimum Gasteiger partial charge on any atom is -0.297 e. The van der Waals surface area contributed by atoms with Crippen molar-refractivity contribution in [1.29, 1.82) is 0 Å². The Bertz CT molecular complexity index is 695. The normalized spacial score (nSPS) is 10.7. The van der Waals surface area contributed by atoms with Gasteiger partial charge < -0.3 is 0 Å². The molecule has 0 aliphatic heterocycles. The van der Waals surface area contributed by atoms with Crippen molar-refractivity contribution >= 4 is 23.4 Å². The molecule has 0 radical (unpaired) electrons. The summed E-state index contributed by atoms with van der Waals surface area (Å²) in [4.78, 5) is 26.9. The van der Waals surface area contributed by atoms with Crippen molar-refractivity contribution < 1.29 is 0 Å². The molecule has 1 N–H and O–H groups in total. The zero-order chi connectivity index (χ0) is 14.5. The fourth-order valence-corrected chi connectivity index (χ4v) is 2.66. The first-order valence-corrected chi connectivity index (χ1v) is 7.99. The molecule has 0 amide bonds. The number of aromatic nitrogens is 2. The van der Waals surface area contributed by atoms with Crippen molar-refractivity contribution in [2.24, 2.45) is 0 Å². The molecule has 106 valence electrons. The van der Waals surface area contributed by atoms with Gasteiger partial charge in [-0.15, -0.1) is 0 Å². The number of hydrogen-bond acceptors (Lipinski definition) is 3. The van der Waals surface area contributed by atoms with E-state index in [4.69, 9.17) is 11.6 Å². The molecule has 4 nitrogen and oxygen atoms in total. The minimum atomic E-state index is -0.458. The third-order valence-corrected chi connectivity index (χ3v) is 3.91. The molecular weight excluding hydrogens is 296 g/mol. The Morgan fingerprint density at radius 3 is 2.60 bits per heavy atom. The van der Waals surface area contributed by atoms with Crippen LogP contribution >= 0.6 is 23.4 Å². The maximum absolute atomic E-state index is 12.5. The predicted molar refractivity (Wildman–Crippen MR) is 84.8 cm³/mol. The molecular formula is C14H15ClN2O2S. The summed E-state index contributed by atoms with van der Waals surface area (Å²) in [6, 6.07) is 9.11. The number of H-pyrrole nitrogens is 1. The van der Waals surface area contributed by atoms with Gasteiger partial charge in [0, 0.05) is 6.54 Å². The molecule has 0 spiro atoms. The second kappa shape index (κ2) is 6.81. The molecule has 0 fully saturated rings. The molecule has 1 heterocycles. The summed E-state index contributed by atoms with van der Waals surface area (Å²) >= 11 is 7.71. The smallest absolute Gasteiger partial charge is 0.297 e. The van der Waals surface area contributed by atoms with Gasteiger partial charge in [-0.25, -0.2) is 4.79 Å². The van der Waals surface area contributed by atoms with Crippen LogP contribution in [0.1, 0.15) is 6.42 Å². The Kier molecular flexibility index (Phi) is 5.09. The van der Waals surface area contributed by atoms with Crippen LogP contribution < -0.4 is 11.2 Å². The van der Waals surface area contributed by atoms with E-state index in [0.29, 0.717) is 17.7 Å².